The van der Waals surface area contributed by atoms with Crippen LogP contribution in [0.1, 0.15) is 17.4 Å². The Hall–Kier alpha value is -1.77. The van der Waals surface area contributed by atoms with Crippen LogP contribution in [0.15, 0.2) is 24.3 Å². The molecule has 0 bridgehead atoms. The molecule has 1 aromatic heterocycles. The molecule has 20 heavy (non-hydrogen) atoms. The predicted octanol–water partition coefficient (Wildman–Crippen LogP) is 3.33. The Kier molecular flexibility index (Phi) is 4.83. The number of nitrogens with zero attached hydrogens (tertiary/aromatic N) is 1. The molecule has 2 rings (SSSR count). The fourth-order valence-electron chi connectivity index (χ4n) is 1.67. The van der Waals surface area contributed by atoms with E-state index in [-0.39, 0.29) is 5.12 Å². The largest absolute Gasteiger partial charge is 0.375 e. The molecule has 102 valence electrons. The van der Waals surface area contributed by atoms with E-state index in [1.54, 1.807) is 6.92 Å². The second-order valence-electron chi connectivity index (χ2n) is 4.12. The number of benzene rings is 1. The highest BCUT2D eigenvalue weighted by molar-refractivity contribution is 8.13. The van der Waals surface area contributed by atoms with Gasteiger partial charge in [0.2, 0.25) is 0 Å². The molecule has 5 heteroatoms. The molecular formula is C15H14N2OS2. The molecule has 0 saturated heterocycles. The highest BCUT2D eigenvalue weighted by atomic mass is 32.2. The van der Waals surface area contributed by atoms with Crippen LogP contribution in [0, 0.1) is 18.8 Å². The van der Waals surface area contributed by atoms with Gasteiger partial charge in [-0.1, -0.05) is 35.7 Å². The van der Waals surface area contributed by atoms with Crippen molar-refractivity contribution in [3.05, 3.63) is 34.7 Å². The zero-order chi connectivity index (χ0) is 14.5. The molecule has 0 saturated carbocycles. The lowest BCUT2D eigenvalue weighted by Gasteiger charge is -1.98. The Labute approximate surface area is 126 Å². The Balaban J connectivity index is 2.10. The minimum Gasteiger partial charge on any atom is -0.375 e. The van der Waals surface area contributed by atoms with Crippen molar-refractivity contribution in [3.63, 3.8) is 0 Å². The van der Waals surface area contributed by atoms with E-state index >= 15 is 0 Å². The Bertz CT molecular complexity index is 678. The van der Waals surface area contributed by atoms with Crippen LogP contribution < -0.4 is 5.73 Å². The Morgan fingerprint density at radius 1 is 1.40 bits per heavy atom. The van der Waals surface area contributed by atoms with E-state index in [9.17, 15) is 4.79 Å². The third-order valence-electron chi connectivity index (χ3n) is 2.55. The zero-order valence-corrected chi connectivity index (χ0v) is 12.9. The van der Waals surface area contributed by atoms with E-state index in [0.29, 0.717) is 10.9 Å². The molecule has 1 heterocycles. The summed E-state index contributed by atoms with van der Waals surface area (Å²) in [6.45, 7) is 3.55. The lowest BCUT2D eigenvalue weighted by molar-refractivity contribution is -0.109. The van der Waals surface area contributed by atoms with Crippen LogP contribution >= 0.6 is 23.1 Å². The van der Waals surface area contributed by atoms with Crippen molar-refractivity contribution >= 4 is 33.3 Å². The molecule has 0 unspecified atom stereocenters. The van der Waals surface area contributed by atoms with Crippen LogP contribution in [0.4, 0.5) is 5.13 Å². The van der Waals surface area contributed by atoms with Crippen LogP contribution in [0.5, 0.6) is 0 Å². The molecule has 0 spiro atoms. The highest BCUT2D eigenvalue weighted by Crippen LogP contribution is 2.28. The third-order valence-corrected chi connectivity index (χ3v) is 4.05. The van der Waals surface area contributed by atoms with E-state index in [1.165, 1.54) is 23.1 Å². The molecule has 0 atom stereocenters. The third kappa shape index (κ3) is 3.86. The highest BCUT2D eigenvalue weighted by Gasteiger charge is 2.07. The number of aromatic nitrogens is 1. The van der Waals surface area contributed by atoms with E-state index < -0.39 is 0 Å². The lowest BCUT2D eigenvalue weighted by atomic mass is 10.1. The van der Waals surface area contributed by atoms with Gasteiger partial charge >= 0.3 is 0 Å². The second-order valence-corrected chi connectivity index (χ2v) is 6.50. The summed E-state index contributed by atoms with van der Waals surface area (Å²) in [5.74, 6) is 6.53. The number of hydrogen-bond donors (Lipinski definition) is 1. The molecule has 2 N–H and O–H groups in total. The monoisotopic (exact) mass is 302 g/mol. The van der Waals surface area contributed by atoms with Crippen molar-refractivity contribution < 1.29 is 4.79 Å². The molecule has 1 aromatic carbocycles. The molecular weight excluding hydrogens is 288 g/mol. The number of nitrogens with two attached hydrogens (primary N) is 1. The average molecular weight is 302 g/mol. The molecule has 0 radical (unpaired) electrons. The first-order chi connectivity index (χ1) is 9.56. The zero-order valence-electron chi connectivity index (χ0n) is 11.3. The number of carbonyl (C=O) groups is 1. The van der Waals surface area contributed by atoms with Gasteiger partial charge in [-0.3, -0.25) is 4.79 Å². The van der Waals surface area contributed by atoms with Crippen LogP contribution in [0.3, 0.4) is 0 Å². The van der Waals surface area contributed by atoms with Crippen LogP contribution in [-0.2, 0) is 4.79 Å². The van der Waals surface area contributed by atoms with Crippen LogP contribution in [0.2, 0.25) is 0 Å². The standard InChI is InChI=1S/C15H14N2OS2/c1-10-14(17-15(16)20-10)13-7-5-12(6-8-13)4-3-9-19-11(2)18/h5-8H,9H2,1-2H3,(H2,16,17). The van der Waals surface area contributed by atoms with Gasteiger partial charge in [0.25, 0.3) is 0 Å². The SMILES string of the molecule is CC(=O)SCC#Cc1ccc(-c2nc(N)sc2C)cc1. The van der Waals surface area contributed by atoms with E-state index in [4.69, 9.17) is 5.73 Å². The predicted molar refractivity (Wildman–Crippen MR) is 86.7 cm³/mol. The topological polar surface area (TPSA) is 56.0 Å². The van der Waals surface area contributed by atoms with Gasteiger partial charge in [0.15, 0.2) is 10.2 Å². The number of thioether (sulfide) groups is 1. The van der Waals surface area contributed by atoms with Gasteiger partial charge in [-0.15, -0.1) is 11.3 Å². The van der Waals surface area contributed by atoms with Gasteiger partial charge in [0.1, 0.15) is 0 Å². The van der Waals surface area contributed by atoms with Crippen molar-refractivity contribution in [3.8, 4) is 23.1 Å². The number of thiazole rings is 1. The smallest absolute Gasteiger partial charge is 0.186 e. The minimum atomic E-state index is 0.0891. The first kappa shape index (κ1) is 14.6. The van der Waals surface area contributed by atoms with E-state index in [2.05, 4.69) is 16.8 Å². The number of anilines is 1. The summed E-state index contributed by atoms with van der Waals surface area (Å²) in [6, 6.07) is 7.89. The quantitative estimate of drug-likeness (QED) is 0.865. The van der Waals surface area contributed by atoms with Crippen molar-refractivity contribution in [2.24, 2.45) is 0 Å². The molecule has 0 aliphatic carbocycles. The van der Waals surface area contributed by atoms with Gasteiger partial charge in [0, 0.05) is 22.9 Å². The summed E-state index contributed by atoms with van der Waals surface area (Å²) in [4.78, 5) is 16.2. The Morgan fingerprint density at radius 3 is 2.65 bits per heavy atom. The maximum Gasteiger partial charge on any atom is 0.186 e. The number of carbonyl (C=O) groups excluding carboxylic acids is 1. The summed E-state index contributed by atoms with van der Waals surface area (Å²) in [7, 11) is 0. The van der Waals surface area contributed by atoms with Crippen molar-refractivity contribution in [2.45, 2.75) is 13.8 Å². The van der Waals surface area contributed by atoms with Gasteiger partial charge in [-0.05, 0) is 19.1 Å². The molecule has 0 aliphatic heterocycles. The van der Waals surface area contributed by atoms with Gasteiger partial charge in [-0.2, -0.15) is 0 Å². The normalized spacial score (nSPS) is 9.90. The van der Waals surface area contributed by atoms with Crippen molar-refractivity contribution in [1.29, 1.82) is 0 Å². The van der Waals surface area contributed by atoms with E-state index in [1.807, 2.05) is 31.2 Å². The number of aryl methyl sites for hydroxylation is 1. The van der Waals surface area contributed by atoms with Crippen LogP contribution in [-0.4, -0.2) is 15.9 Å². The summed E-state index contributed by atoms with van der Waals surface area (Å²) in [6.07, 6.45) is 0. The van der Waals surface area contributed by atoms with Crippen molar-refractivity contribution in [2.75, 3.05) is 11.5 Å². The number of rotatable bonds is 2. The molecule has 2 aromatic rings. The average Bonchev–Trinajstić information content (AvgIpc) is 2.74. The van der Waals surface area contributed by atoms with Gasteiger partial charge in [-0.25, -0.2) is 4.98 Å². The Morgan fingerprint density at radius 2 is 2.10 bits per heavy atom. The molecule has 3 nitrogen and oxygen atoms in total. The van der Waals surface area contributed by atoms with Crippen LogP contribution in [0.25, 0.3) is 11.3 Å². The summed E-state index contributed by atoms with van der Waals surface area (Å²) < 4.78 is 0. The fraction of sp³-hybridized carbons (Fsp3) is 0.200. The first-order valence-corrected chi connectivity index (χ1v) is 7.82. The van der Waals surface area contributed by atoms with Gasteiger partial charge in [0.05, 0.1) is 11.4 Å². The van der Waals surface area contributed by atoms with E-state index in [0.717, 1.165) is 21.7 Å². The van der Waals surface area contributed by atoms with Crippen molar-refractivity contribution in [1.82, 2.24) is 4.98 Å². The number of nitrogen functional groups attached to an aromatic ring is 1. The molecule has 0 amide bonds. The maximum atomic E-state index is 10.8. The number of hydrogen-bond acceptors (Lipinski definition) is 5. The lowest BCUT2D eigenvalue weighted by Crippen LogP contribution is -1.85. The second kappa shape index (κ2) is 6.60. The van der Waals surface area contributed by atoms with Gasteiger partial charge < -0.3 is 5.73 Å². The minimum absolute atomic E-state index is 0.0891. The molecule has 0 fully saturated rings. The first-order valence-electron chi connectivity index (χ1n) is 6.02. The fourth-order valence-corrected chi connectivity index (χ4v) is 2.73. The summed E-state index contributed by atoms with van der Waals surface area (Å²) in [5, 5.41) is 0.675. The summed E-state index contributed by atoms with van der Waals surface area (Å²) in [5.41, 5.74) is 8.61. The maximum absolute atomic E-state index is 10.8. The molecule has 0 aliphatic rings. The summed E-state index contributed by atoms with van der Waals surface area (Å²) >= 11 is 2.71.